The number of imidazole rings is 1. The molecular formula is C25H21F3N4O2S. The van der Waals surface area contributed by atoms with E-state index < -0.39 is 36.0 Å². The van der Waals surface area contributed by atoms with E-state index in [1.807, 2.05) is 13.0 Å². The van der Waals surface area contributed by atoms with Gasteiger partial charge < -0.3 is 9.64 Å². The Kier molecular flexibility index (Phi) is 5.28. The summed E-state index contributed by atoms with van der Waals surface area (Å²) in [5.74, 6) is -2.31. The largest absolute Gasteiger partial charge is 0.481 e. The van der Waals surface area contributed by atoms with Gasteiger partial charge in [0.25, 0.3) is 5.91 Å². The number of halogens is 3. The summed E-state index contributed by atoms with van der Waals surface area (Å²) in [6.45, 7) is 1.68. The van der Waals surface area contributed by atoms with Crippen LogP contribution in [-0.2, 0) is 11.2 Å². The number of fused-ring (bicyclic) bond motifs is 3. The van der Waals surface area contributed by atoms with Gasteiger partial charge in [-0.05, 0) is 49.4 Å². The summed E-state index contributed by atoms with van der Waals surface area (Å²) in [5, 5.41) is 5.35. The van der Waals surface area contributed by atoms with Gasteiger partial charge in [-0.3, -0.25) is 4.79 Å². The van der Waals surface area contributed by atoms with Crippen LogP contribution in [0, 0.1) is 24.4 Å². The van der Waals surface area contributed by atoms with Crippen LogP contribution >= 0.6 is 11.3 Å². The molecule has 1 atom stereocenters. The number of nitrogens with zero attached hydrogens (tertiary/aromatic N) is 4. The van der Waals surface area contributed by atoms with Gasteiger partial charge >= 0.3 is 0 Å². The van der Waals surface area contributed by atoms with Crippen molar-refractivity contribution >= 4 is 22.2 Å². The lowest BCUT2D eigenvalue weighted by molar-refractivity contribution is -0.135. The highest BCUT2D eigenvalue weighted by atomic mass is 32.1. The molecule has 1 fully saturated rings. The van der Waals surface area contributed by atoms with Crippen LogP contribution in [0.3, 0.4) is 0 Å². The second-order valence-corrected chi connectivity index (χ2v) is 10.1. The zero-order valence-electron chi connectivity index (χ0n) is 18.8. The van der Waals surface area contributed by atoms with E-state index in [9.17, 15) is 13.6 Å². The molecule has 4 aromatic rings. The Morgan fingerprint density at radius 1 is 1.14 bits per heavy atom. The number of carbonyl (C=O) groups excluding carboxylic acids is 1. The highest BCUT2D eigenvalue weighted by Gasteiger charge is 2.38. The maximum Gasteiger partial charge on any atom is 0.261 e. The smallest absolute Gasteiger partial charge is 0.261 e. The van der Waals surface area contributed by atoms with E-state index in [1.165, 1.54) is 16.2 Å². The molecule has 10 heteroatoms. The van der Waals surface area contributed by atoms with Gasteiger partial charge in [-0.1, -0.05) is 23.5 Å². The number of rotatable bonds is 5. The second-order valence-electron chi connectivity index (χ2n) is 8.92. The number of hydrogen-bond acceptors (Lipinski definition) is 5. The fraction of sp³-hybridized carbons (Fsp3) is 0.320. The third-order valence-corrected chi connectivity index (χ3v) is 7.33. The van der Waals surface area contributed by atoms with Crippen LogP contribution in [0.1, 0.15) is 52.3 Å². The van der Waals surface area contributed by atoms with Gasteiger partial charge in [0.15, 0.2) is 18.2 Å². The van der Waals surface area contributed by atoms with Crippen LogP contribution in [0.5, 0.6) is 5.75 Å². The monoisotopic (exact) mass is 498 g/mol. The van der Waals surface area contributed by atoms with E-state index in [2.05, 4.69) is 10.1 Å². The molecule has 1 aliphatic carbocycles. The van der Waals surface area contributed by atoms with E-state index in [1.54, 1.807) is 16.6 Å². The standard InChI is InChI=1S/C25H21F3N4O2S/c1-13-30-32-24-20(29-25(32)35-13)8-9-31(22(33)12-34-21-7-5-16(26)11-19(21)28)23(24)17-6-4-15(10-18(17)27)14-2-3-14/h4-7,10-11,14,23H,2-3,8-9,12H2,1H3. The lowest BCUT2D eigenvalue weighted by atomic mass is 9.93. The Hall–Kier alpha value is -3.40. The number of ether oxygens (including phenoxy) is 1. The van der Waals surface area contributed by atoms with Crippen molar-refractivity contribution < 1.29 is 22.7 Å². The topological polar surface area (TPSA) is 59.7 Å². The molecule has 1 saturated carbocycles. The molecule has 6 nitrogen and oxygen atoms in total. The summed E-state index contributed by atoms with van der Waals surface area (Å²) in [4.78, 5) is 20.2. The lowest BCUT2D eigenvalue weighted by Gasteiger charge is -2.35. The minimum Gasteiger partial charge on any atom is -0.481 e. The molecule has 35 heavy (non-hydrogen) atoms. The van der Waals surface area contributed by atoms with Crippen molar-refractivity contribution in [1.29, 1.82) is 0 Å². The summed E-state index contributed by atoms with van der Waals surface area (Å²) < 4.78 is 49.8. The third-order valence-electron chi connectivity index (χ3n) is 6.51. The van der Waals surface area contributed by atoms with Gasteiger partial charge in [0.1, 0.15) is 22.7 Å². The molecule has 0 spiro atoms. The molecule has 1 amide bonds. The van der Waals surface area contributed by atoms with Gasteiger partial charge in [0.2, 0.25) is 4.96 Å². The summed E-state index contributed by atoms with van der Waals surface area (Å²) in [6.07, 6.45) is 2.57. The van der Waals surface area contributed by atoms with Crippen molar-refractivity contribution in [1.82, 2.24) is 19.5 Å². The minimum absolute atomic E-state index is 0.226. The van der Waals surface area contributed by atoms with Crippen molar-refractivity contribution in [2.24, 2.45) is 0 Å². The Morgan fingerprint density at radius 3 is 2.71 bits per heavy atom. The number of amides is 1. The van der Waals surface area contributed by atoms with Crippen molar-refractivity contribution in [2.75, 3.05) is 13.2 Å². The number of aromatic nitrogens is 3. The number of carbonyl (C=O) groups is 1. The number of aryl methyl sites for hydroxylation is 1. The predicted octanol–water partition coefficient (Wildman–Crippen LogP) is 4.95. The summed E-state index contributed by atoms with van der Waals surface area (Å²) >= 11 is 1.43. The van der Waals surface area contributed by atoms with Crippen LogP contribution in [0.25, 0.3) is 4.96 Å². The van der Waals surface area contributed by atoms with E-state index in [0.717, 1.165) is 41.2 Å². The highest BCUT2D eigenvalue weighted by Crippen LogP contribution is 2.43. The highest BCUT2D eigenvalue weighted by molar-refractivity contribution is 7.16. The Bertz CT molecular complexity index is 1460. The van der Waals surface area contributed by atoms with Crippen molar-refractivity contribution in [3.8, 4) is 5.75 Å². The molecule has 0 radical (unpaired) electrons. The van der Waals surface area contributed by atoms with Gasteiger partial charge in [0.05, 0.1) is 11.4 Å². The molecule has 0 bridgehead atoms. The zero-order valence-corrected chi connectivity index (χ0v) is 19.6. The van der Waals surface area contributed by atoms with Gasteiger partial charge in [-0.2, -0.15) is 5.10 Å². The minimum atomic E-state index is -0.896. The molecule has 1 unspecified atom stereocenters. The van der Waals surface area contributed by atoms with E-state index >= 15 is 4.39 Å². The Balaban J connectivity index is 1.38. The molecule has 0 saturated heterocycles. The first-order valence-electron chi connectivity index (χ1n) is 11.4. The maximum atomic E-state index is 15.5. The number of benzene rings is 2. The molecule has 6 rings (SSSR count). The summed E-state index contributed by atoms with van der Waals surface area (Å²) in [5.41, 5.74) is 2.73. The van der Waals surface area contributed by atoms with Crippen molar-refractivity contribution in [3.05, 3.63) is 81.4 Å². The van der Waals surface area contributed by atoms with Gasteiger partial charge in [-0.15, -0.1) is 0 Å². The van der Waals surface area contributed by atoms with Crippen LogP contribution in [0.15, 0.2) is 36.4 Å². The van der Waals surface area contributed by atoms with E-state index in [-0.39, 0.29) is 5.75 Å². The fourth-order valence-corrected chi connectivity index (χ4v) is 5.46. The first-order valence-corrected chi connectivity index (χ1v) is 12.2. The Morgan fingerprint density at radius 2 is 1.97 bits per heavy atom. The third kappa shape index (κ3) is 3.95. The maximum absolute atomic E-state index is 15.5. The van der Waals surface area contributed by atoms with Crippen molar-refractivity contribution in [3.63, 3.8) is 0 Å². The fourth-order valence-electron chi connectivity index (χ4n) is 4.70. The molecule has 3 heterocycles. The van der Waals surface area contributed by atoms with Crippen LogP contribution in [0.2, 0.25) is 0 Å². The zero-order chi connectivity index (χ0) is 24.3. The normalized spacial score (nSPS) is 17.6. The average molecular weight is 499 g/mol. The quantitative estimate of drug-likeness (QED) is 0.391. The first-order chi connectivity index (χ1) is 16.9. The second kappa shape index (κ2) is 8.37. The van der Waals surface area contributed by atoms with E-state index in [4.69, 9.17) is 4.74 Å². The first kappa shape index (κ1) is 22.1. The van der Waals surface area contributed by atoms with Crippen molar-refractivity contribution in [2.45, 2.75) is 38.1 Å². The summed E-state index contributed by atoms with van der Waals surface area (Å²) in [7, 11) is 0. The Labute approximate surface area is 203 Å². The van der Waals surface area contributed by atoms with Crippen LogP contribution in [-0.4, -0.2) is 38.6 Å². The van der Waals surface area contributed by atoms with Crippen LogP contribution < -0.4 is 4.74 Å². The SMILES string of the molecule is Cc1nn2c3c(nc2s1)CCN(C(=O)COc1ccc(F)cc1F)C3c1ccc(C2CC2)cc1F. The molecule has 2 aromatic carbocycles. The predicted molar refractivity (Wildman–Crippen MR) is 123 cm³/mol. The molecule has 1 aliphatic heterocycles. The number of hydrogen-bond donors (Lipinski definition) is 0. The molecular weight excluding hydrogens is 477 g/mol. The summed E-state index contributed by atoms with van der Waals surface area (Å²) in [6, 6.07) is 7.34. The molecule has 0 N–H and O–H groups in total. The van der Waals surface area contributed by atoms with Gasteiger partial charge in [0, 0.05) is 24.6 Å². The van der Waals surface area contributed by atoms with E-state index in [0.29, 0.717) is 41.2 Å². The van der Waals surface area contributed by atoms with Crippen LogP contribution in [0.4, 0.5) is 13.2 Å². The average Bonchev–Trinajstić information content (AvgIpc) is 3.53. The lowest BCUT2D eigenvalue weighted by Crippen LogP contribution is -2.43. The molecule has 180 valence electrons. The molecule has 2 aliphatic rings. The molecule has 2 aromatic heterocycles. The van der Waals surface area contributed by atoms with Gasteiger partial charge in [-0.25, -0.2) is 22.7 Å².